The summed E-state index contributed by atoms with van der Waals surface area (Å²) < 4.78 is 26.8. The Morgan fingerprint density at radius 3 is 2.71 bits per heavy atom. The Bertz CT molecular complexity index is 736. The van der Waals surface area contributed by atoms with E-state index < -0.39 is 16.0 Å². The van der Waals surface area contributed by atoms with Crippen LogP contribution in [0.3, 0.4) is 0 Å². The Balaban J connectivity index is 2.12. The zero-order valence-corrected chi connectivity index (χ0v) is 13.0. The van der Waals surface area contributed by atoms with Crippen LogP contribution in [0, 0.1) is 6.92 Å². The van der Waals surface area contributed by atoms with Crippen LogP contribution in [0.2, 0.25) is 0 Å². The van der Waals surface area contributed by atoms with Gasteiger partial charge in [-0.15, -0.1) is 11.3 Å². The summed E-state index contributed by atoms with van der Waals surface area (Å²) in [6, 6.07) is 7.94. The fraction of sp³-hybridized carbons (Fsp3) is 0.214. The number of hydrogen-bond donors (Lipinski definition) is 2. The lowest BCUT2D eigenvalue weighted by atomic mass is 10.1. The number of aromatic carboxylic acids is 1. The summed E-state index contributed by atoms with van der Waals surface area (Å²) in [4.78, 5) is 12.1. The number of thiophene rings is 1. The molecule has 1 aromatic carbocycles. The van der Waals surface area contributed by atoms with Crippen LogP contribution in [-0.4, -0.2) is 26.0 Å². The third-order valence-electron chi connectivity index (χ3n) is 2.99. The van der Waals surface area contributed by atoms with Crippen LogP contribution in [0.4, 0.5) is 0 Å². The monoisotopic (exact) mass is 325 g/mol. The molecule has 1 heterocycles. The number of nitrogens with one attached hydrogen (secondary N) is 1. The van der Waals surface area contributed by atoms with Gasteiger partial charge in [0.15, 0.2) is 0 Å². The van der Waals surface area contributed by atoms with E-state index in [2.05, 4.69) is 4.72 Å². The maximum Gasteiger partial charge on any atom is 0.335 e. The fourth-order valence-corrected chi connectivity index (χ4v) is 3.61. The summed E-state index contributed by atoms with van der Waals surface area (Å²) >= 11 is 1.57. The third kappa shape index (κ3) is 3.90. The van der Waals surface area contributed by atoms with Gasteiger partial charge in [-0.3, -0.25) is 0 Å². The van der Waals surface area contributed by atoms with Crippen molar-refractivity contribution in [3.63, 3.8) is 0 Å². The van der Waals surface area contributed by atoms with Crippen LogP contribution >= 0.6 is 11.3 Å². The molecule has 1 aromatic heterocycles. The first-order valence-electron chi connectivity index (χ1n) is 6.26. The minimum absolute atomic E-state index is 0.00358. The Morgan fingerprint density at radius 1 is 1.33 bits per heavy atom. The molecule has 112 valence electrons. The van der Waals surface area contributed by atoms with Crippen molar-refractivity contribution in [3.8, 4) is 0 Å². The SMILES string of the molecule is Cc1ccc(S(=O)(=O)NCCc2cccs2)cc1C(=O)O. The summed E-state index contributed by atoms with van der Waals surface area (Å²) in [5, 5.41) is 11.0. The summed E-state index contributed by atoms with van der Waals surface area (Å²) in [5.74, 6) is -1.14. The van der Waals surface area contributed by atoms with E-state index in [0.717, 1.165) is 4.88 Å². The molecule has 0 saturated heterocycles. The molecule has 0 aliphatic heterocycles. The van der Waals surface area contributed by atoms with Gasteiger partial charge in [-0.2, -0.15) is 0 Å². The van der Waals surface area contributed by atoms with Crippen molar-refractivity contribution in [2.45, 2.75) is 18.2 Å². The predicted molar refractivity (Wildman–Crippen MR) is 81.3 cm³/mol. The lowest BCUT2D eigenvalue weighted by molar-refractivity contribution is 0.0696. The first-order chi connectivity index (χ1) is 9.90. The number of carboxylic acids is 1. The lowest BCUT2D eigenvalue weighted by Gasteiger charge is -2.08. The molecule has 0 aliphatic rings. The van der Waals surface area contributed by atoms with Gasteiger partial charge in [-0.05, 0) is 42.5 Å². The molecule has 0 radical (unpaired) electrons. The Morgan fingerprint density at radius 2 is 2.10 bits per heavy atom. The van der Waals surface area contributed by atoms with Gasteiger partial charge in [0, 0.05) is 11.4 Å². The van der Waals surface area contributed by atoms with Gasteiger partial charge >= 0.3 is 5.97 Å². The van der Waals surface area contributed by atoms with Crippen molar-refractivity contribution >= 4 is 27.3 Å². The molecule has 21 heavy (non-hydrogen) atoms. The first kappa shape index (κ1) is 15.7. The van der Waals surface area contributed by atoms with Crippen LogP contribution in [0.1, 0.15) is 20.8 Å². The molecule has 0 aliphatic carbocycles. The number of carbonyl (C=O) groups is 1. The summed E-state index contributed by atoms with van der Waals surface area (Å²) in [5.41, 5.74) is 0.524. The van der Waals surface area contributed by atoms with E-state index in [4.69, 9.17) is 5.11 Å². The molecular weight excluding hydrogens is 310 g/mol. The summed E-state index contributed by atoms with van der Waals surface area (Å²) in [6.45, 7) is 1.91. The average Bonchev–Trinajstić information content (AvgIpc) is 2.91. The highest BCUT2D eigenvalue weighted by molar-refractivity contribution is 7.89. The van der Waals surface area contributed by atoms with Crippen LogP contribution in [-0.2, 0) is 16.4 Å². The zero-order valence-electron chi connectivity index (χ0n) is 11.4. The Hall–Kier alpha value is -1.70. The minimum atomic E-state index is -3.69. The van der Waals surface area contributed by atoms with Crippen molar-refractivity contribution in [3.05, 3.63) is 51.7 Å². The van der Waals surface area contributed by atoms with E-state index in [0.29, 0.717) is 12.0 Å². The number of carboxylic acid groups (broad SMARTS) is 1. The van der Waals surface area contributed by atoms with Crippen LogP contribution < -0.4 is 4.72 Å². The molecule has 0 unspecified atom stereocenters. The number of rotatable bonds is 6. The molecule has 0 fully saturated rings. The van der Waals surface area contributed by atoms with Crippen molar-refractivity contribution in [2.24, 2.45) is 0 Å². The average molecular weight is 325 g/mol. The molecule has 0 bridgehead atoms. The molecule has 2 aromatic rings. The van der Waals surface area contributed by atoms with E-state index in [9.17, 15) is 13.2 Å². The van der Waals surface area contributed by atoms with E-state index in [1.807, 2.05) is 17.5 Å². The highest BCUT2D eigenvalue weighted by Gasteiger charge is 2.17. The van der Waals surface area contributed by atoms with Crippen LogP contribution in [0.25, 0.3) is 0 Å². The largest absolute Gasteiger partial charge is 0.478 e. The van der Waals surface area contributed by atoms with Crippen molar-refractivity contribution < 1.29 is 18.3 Å². The Kier molecular flexibility index (Phi) is 4.76. The molecule has 0 saturated carbocycles. The highest BCUT2D eigenvalue weighted by Crippen LogP contribution is 2.16. The summed E-state index contributed by atoms with van der Waals surface area (Å²) in [7, 11) is -3.69. The normalized spacial score (nSPS) is 11.5. The molecular formula is C14H15NO4S2. The molecule has 5 nitrogen and oxygen atoms in total. The van der Waals surface area contributed by atoms with E-state index >= 15 is 0 Å². The number of benzene rings is 1. The van der Waals surface area contributed by atoms with E-state index in [1.54, 1.807) is 18.3 Å². The molecule has 0 atom stereocenters. The topological polar surface area (TPSA) is 83.5 Å². The number of aryl methyl sites for hydroxylation is 1. The standard InChI is InChI=1S/C14H15NO4S2/c1-10-4-5-12(9-13(10)14(16)17)21(18,19)15-7-6-11-3-2-8-20-11/h2-5,8-9,15H,6-7H2,1H3,(H,16,17). The maximum atomic E-state index is 12.1. The van der Waals surface area contributed by atoms with Gasteiger partial charge in [0.2, 0.25) is 10.0 Å². The van der Waals surface area contributed by atoms with Crippen molar-refractivity contribution in [2.75, 3.05) is 6.54 Å². The fourth-order valence-electron chi connectivity index (χ4n) is 1.85. The highest BCUT2D eigenvalue weighted by atomic mass is 32.2. The number of sulfonamides is 1. The van der Waals surface area contributed by atoms with Gasteiger partial charge < -0.3 is 5.11 Å². The van der Waals surface area contributed by atoms with Crippen molar-refractivity contribution in [1.82, 2.24) is 4.72 Å². The van der Waals surface area contributed by atoms with Crippen LogP contribution in [0.15, 0.2) is 40.6 Å². The van der Waals surface area contributed by atoms with E-state index in [-0.39, 0.29) is 17.0 Å². The molecule has 0 spiro atoms. The molecule has 2 rings (SSSR count). The molecule has 2 N–H and O–H groups in total. The maximum absolute atomic E-state index is 12.1. The third-order valence-corrected chi connectivity index (χ3v) is 5.39. The smallest absolute Gasteiger partial charge is 0.335 e. The van der Waals surface area contributed by atoms with Crippen molar-refractivity contribution in [1.29, 1.82) is 0 Å². The quantitative estimate of drug-likeness (QED) is 0.853. The second-order valence-electron chi connectivity index (χ2n) is 4.51. The van der Waals surface area contributed by atoms with E-state index in [1.165, 1.54) is 18.2 Å². The number of hydrogen-bond acceptors (Lipinski definition) is 4. The van der Waals surface area contributed by atoms with Gasteiger partial charge in [-0.25, -0.2) is 17.9 Å². The minimum Gasteiger partial charge on any atom is -0.478 e. The first-order valence-corrected chi connectivity index (χ1v) is 8.62. The molecule has 0 amide bonds. The molecule has 7 heteroatoms. The van der Waals surface area contributed by atoms with Gasteiger partial charge in [-0.1, -0.05) is 12.1 Å². The van der Waals surface area contributed by atoms with Crippen LogP contribution in [0.5, 0.6) is 0 Å². The van der Waals surface area contributed by atoms with Gasteiger partial charge in [0.25, 0.3) is 0 Å². The second kappa shape index (κ2) is 6.38. The zero-order chi connectivity index (χ0) is 15.5. The lowest BCUT2D eigenvalue weighted by Crippen LogP contribution is -2.26. The summed E-state index contributed by atoms with van der Waals surface area (Å²) in [6.07, 6.45) is 0.606. The Labute approximate surface area is 127 Å². The van der Waals surface area contributed by atoms with Gasteiger partial charge in [0.05, 0.1) is 10.5 Å². The second-order valence-corrected chi connectivity index (χ2v) is 7.31. The predicted octanol–water partition coefficient (Wildman–Crippen LogP) is 2.28. The van der Waals surface area contributed by atoms with Gasteiger partial charge in [0.1, 0.15) is 0 Å².